The lowest BCUT2D eigenvalue weighted by Gasteiger charge is -2.17. The van der Waals surface area contributed by atoms with E-state index in [1.807, 2.05) is 19.1 Å². The first-order valence-corrected chi connectivity index (χ1v) is 7.64. The van der Waals surface area contributed by atoms with Crippen molar-refractivity contribution in [2.45, 2.75) is 20.0 Å². The standard InChI is InChI=1S/C18H17ClN2O3/c1-11-4-6-14(19)9-15(11)21-18(22)12(2)24-16-7-5-13(10-20)8-17(16)23-3/h4-9,12H,1-3H3,(H,21,22)/t12-/m1/s1. The van der Waals surface area contributed by atoms with Gasteiger partial charge in [0, 0.05) is 16.8 Å². The Morgan fingerprint density at radius 1 is 1.25 bits per heavy atom. The number of carbonyl (C=O) groups is 1. The summed E-state index contributed by atoms with van der Waals surface area (Å²) in [6, 6.07) is 12.1. The average molecular weight is 345 g/mol. The van der Waals surface area contributed by atoms with Crippen molar-refractivity contribution in [2.75, 3.05) is 12.4 Å². The molecule has 5 nitrogen and oxygen atoms in total. The molecule has 0 aromatic heterocycles. The molecule has 2 rings (SSSR count). The first-order chi connectivity index (χ1) is 11.4. The van der Waals surface area contributed by atoms with Gasteiger partial charge in [0.25, 0.3) is 5.91 Å². The number of hydrogen-bond donors (Lipinski definition) is 1. The minimum absolute atomic E-state index is 0.313. The fourth-order valence-corrected chi connectivity index (χ4v) is 2.21. The molecule has 0 saturated carbocycles. The van der Waals surface area contributed by atoms with Gasteiger partial charge in [-0.1, -0.05) is 17.7 Å². The zero-order chi connectivity index (χ0) is 17.7. The number of aryl methyl sites for hydroxylation is 1. The topological polar surface area (TPSA) is 71.3 Å². The number of amides is 1. The van der Waals surface area contributed by atoms with E-state index in [2.05, 4.69) is 5.32 Å². The Labute approximate surface area is 145 Å². The predicted octanol–water partition coefficient (Wildman–Crippen LogP) is 3.93. The van der Waals surface area contributed by atoms with Gasteiger partial charge in [-0.15, -0.1) is 0 Å². The Morgan fingerprint density at radius 2 is 2.00 bits per heavy atom. The maximum atomic E-state index is 12.3. The Hall–Kier alpha value is -2.71. The van der Waals surface area contributed by atoms with Gasteiger partial charge in [0.2, 0.25) is 0 Å². The number of benzene rings is 2. The third-order valence-electron chi connectivity index (χ3n) is 3.42. The molecule has 2 aromatic rings. The molecule has 0 radical (unpaired) electrons. The highest BCUT2D eigenvalue weighted by Crippen LogP contribution is 2.29. The van der Waals surface area contributed by atoms with Crippen LogP contribution in [0.3, 0.4) is 0 Å². The molecule has 1 atom stereocenters. The number of rotatable bonds is 5. The highest BCUT2D eigenvalue weighted by atomic mass is 35.5. The second-order valence-electron chi connectivity index (χ2n) is 5.19. The Balaban J connectivity index is 2.12. The molecule has 0 fully saturated rings. The molecule has 0 aliphatic heterocycles. The second kappa shape index (κ2) is 7.71. The minimum Gasteiger partial charge on any atom is -0.493 e. The molecule has 1 N–H and O–H groups in total. The second-order valence-corrected chi connectivity index (χ2v) is 5.62. The van der Waals surface area contributed by atoms with E-state index >= 15 is 0 Å². The van der Waals surface area contributed by atoms with Gasteiger partial charge >= 0.3 is 0 Å². The molecule has 6 heteroatoms. The van der Waals surface area contributed by atoms with E-state index in [0.29, 0.717) is 27.8 Å². The molecule has 124 valence electrons. The van der Waals surface area contributed by atoms with Crippen LogP contribution in [0.5, 0.6) is 11.5 Å². The van der Waals surface area contributed by atoms with E-state index in [0.717, 1.165) is 5.56 Å². The van der Waals surface area contributed by atoms with Crippen molar-refractivity contribution in [2.24, 2.45) is 0 Å². The number of ether oxygens (including phenoxy) is 2. The van der Waals surface area contributed by atoms with E-state index in [1.165, 1.54) is 7.11 Å². The van der Waals surface area contributed by atoms with Crippen LogP contribution in [0.15, 0.2) is 36.4 Å². The summed E-state index contributed by atoms with van der Waals surface area (Å²) in [5.41, 5.74) is 1.98. The van der Waals surface area contributed by atoms with Crippen molar-refractivity contribution < 1.29 is 14.3 Å². The largest absolute Gasteiger partial charge is 0.493 e. The number of nitrogens with zero attached hydrogens (tertiary/aromatic N) is 1. The van der Waals surface area contributed by atoms with Gasteiger partial charge in [-0.25, -0.2) is 0 Å². The fourth-order valence-electron chi connectivity index (χ4n) is 2.04. The predicted molar refractivity (Wildman–Crippen MR) is 92.6 cm³/mol. The van der Waals surface area contributed by atoms with Crippen molar-refractivity contribution in [3.05, 3.63) is 52.5 Å². The molecular formula is C18H17ClN2O3. The van der Waals surface area contributed by atoms with Gasteiger partial charge in [0.15, 0.2) is 17.6 Å². The summed E-state index contributed by atoms with van der Waals surface area (Å²) < 4.78 is 10.9. The SMILES string of the molecule is COc1cc(C#N)ccc1O[C@H](C)C(=O)Nc1cc(Cl)ccc1C. The summed E-state index contributed by atoms with van der Waals surface area (Å²) in [6.45, 7) is 3.51. The third kappa shape index (κ3) is 4.18. The molecule has 0 aliphatic rings. The van der Waals surface area contributed by atoms with Crippen molar-refractivity contribution in [3.8, 4) is 17.6 Å². The summed E-state index contributed by atoms with van der Waals surface area (Å²) >= 11 is 5.95. The van der Waals surface area contributed by atoms with Crippen molar-refractivity contribution in [1.82, 2.24) is 0 Å². The smallest absolute Gasteiger partial charge is 0.265 e. The Morgan fingerprint density at radius 3 is 2.67 bits per heavy atom. The number of halogens is 1. The number of anilines is 1. The summed E-state index contributed by atoms with van der Waals surface area (Å²) in [4.78, 5) is 12.3. The summed E-state index contributed by atoms with van der Waals surface area (Å²) in [5, 5.41) is 12.2. The molecule has 0 saturated heterocycles. The van der Waals surface area contributed by atoms with Crippen LogP contribution in [0.1, 0.15) is 18.1 Å². The Bertz CT molecular complexity index is 799. The zero-order valence-corrected chi connectivity index (χ0v) is 14.3. The van der Waals surface area contributed by atoms with Gasteiger partial charge in [-0.05, 0) is 43.7 Å². The molecule has 0 heterocycles. The van der Waals surface area contributed by atoms with Crippen LogP contribution in [0.2, 0.25) is 5.02 Å². The number of nitriles is 1. The molecule has 0 unspecified atom stereocenters. The molecule has 2 aromatic carbocycles. The number of nitrogens with one attached hydrogen (secondary N) is 1. The van der Waals surface area contributed by atoms with Gasteiger partial charge < -0.3 is 14.8 Å². The van der Waals surface area contributed by atoms with Gasteiger partial charge in [-0.3, -0.25) is 4.79 Å². The van der Waals surface area contributed by atoms with Gasteiger partial charge in [-0.2, -0.15) is 5.26 Å². The van der Waals surface area contributed by atoms with E-state index < -0.39 is 6.10 Å². The monoisotopic (exact) mass is 344 g/mol. The minimum atomic E-state index is -0.759. The molecular weight excluding hydrogens is 328 g/mol. The molecule has 0 spiro atoms. The van der Waals surface area contributed by atoms with E-state index in [9.17, 15) is 4.79 Å². The first-order valence-electron chi connectivity index (χ1n) is 7.26. The van der Waals surface area contributed by atoms with Crippen LogP contribution in [0, 0.1) is 18.3 Å². The van der Waals surface area contributed by atoms with Crippen molar-refractivity contribution in [3.63, 3.8) is 0 Å². The maximum absolute atomic E-state index is 12.3. The first kappa shape index (κ1) is 17.6. The van der Waals surface area contributed by atoms with Crippen molar-refractivity contribution in [1.29, 1.82) is 5.26 Å². The van der Waals surface area contributed by atoms with Gasteiger partial charge in [0.1, 0.15) is 0 Å². The van der Waals surface area contributed by atoms with Crippen LogP contribution in [0.25, 0.3) is 0 Å². The number of carbonyl (C=O) groups excluding carboxylic acids is 1. The van der Waals surface area contributed by atoms with E-state index in [-0.39, 0.29) is 5.91 Å². The summed E-state index contributed by atoms with van der Waals surface area (Å²) in [6.07, 6.45) is -0.759. The normalized spacial score (nSPS) is 11.3. The molecule has 24 heavy (non-hydrogen) atoms. The lowest BCUT2D eigenvalue weighted by Crippen LogP contribution is -2.30. The van der Waals surface area contributed by atoms with Crippen LogP contribution in [-0.2, 0) is 4.79 Å². The summed E-state index contributed by atoms with van der Waals surface area (Å²) in [5.74, 6) is 0.474. The van der Waals surface area contributed by atoms with Gasteiger partial charge in [0.05, 0.1) is 18.7 Å². The molecule has 0 bridgehead atoms. The van der Waals surface area contributed by atoms with Crippen LogP contribution in [0.4, 0.5) is 5.69 Å². The zero-order valence-electron chi connectivity index (χ0n) is 13.6. The van der Waals surface area contributed by atoms with Crippen molar-refractivity contribution >= 4 is 23.2 Å². The van der Waals surface area contributed by atoms with E-state index in [4.69, 9.17) is 26.3 Å². The quantitative estimate of drug-likeness (QED) is 0.891. The highest BCUT2D eigenvalue weighted by molar-refractivity contribution is 6.31. The molecule has 1 amide bonds. The Kier molecular flexibility index (Phi) is 5.67. The van der Waals surface area contributed by atoms with Crippen LogP contribution in [-0.4, -0.2) is 19.1 Å². The lowest BCUT2D eigenvalue weighted by atomic mass is 10.2. The van der Waals surface area contributed by atoms with Crippen LogP contribution < -0.4 is 14.8 Å². The summed E-state index contributed by atoms with van der Waals surface area (Å²) in [7, 11) is 1.48. The van der Waals surface area contributed by atoms with Crippen LogP contribution >= 0.6 is 11.6 Å². The third-order valence-corrected chi connectivity index (χ3v) is 3.66. The van der Waals surface area contributed by atoms with E-state index in [1.54, 1.807) is 37.3 Å². The highest BCUT2D eigenvalue weighted by Gasteiger charge is 2.18. The maximum Gasteiger partial charge on any atom is 0.265 e. The average Bonchev–Trinajstić information content (AvgIpc) is 2.58. The molecule has 0 aliphatic carbocycles. The lowest BCUT2D eigenvalue weighted by molar-refractivity contribution is -0.122. The number of methoxy groups -OCH3 is 1. The number of hydrogen-bond acceptors (Lipinski definition) is 4. The fraction of sp³-hybridized carbons (Fsp3) is 0.222.